The minimum atomic E-state index is -0.0125. The normalized spacial score (nSPS) is 10.5. The zero-order chi connectivity index (χ0) is 12.0. The third-order valence-corrected chi connectivity index (χ3v) is 2.18. The molecule has 1 aromatic rings. The Hall–Kier alpha value is -1.39. The topological polar surface area (TPSA) is 52.6 Å². The number of aliphatic hydroxyl groups is 1. The Bertz CT molecular complexity index is 351. The van der Waals surface area contributed by atoms with Gasteiger partial charge in [0.2, 0.25) is 5.91 Å². The van der Waals surface area contributed by atoms with Crippen LogP contribution in [0.2, 0.25) is 0 Å². The standard InChI is InChI=1S/C12H18N2O2/c1-14(2)7-6-12(16)13-11-5-3-4-10(8-11)9-15/h3-5,8,15H,6-7,9H2,1-2H3,(H,13,16). The Morgan fingerprint density at radius 2 is 2.19 bits per heavy atom. The smallest absolute Gasteiger partial charge is 0.225 e. The lowest BCUT2D eigenvalue weighted by Gasteiger charge is -2.10. The molecule has 1 aromatic carbocycles. The van der Waals surface area contributed by atoms with Gasteiger partial charge in [-0.15, -0.1) is 0 Å². The van der Waals surface area contributed by atoms with Crippen molar-refractivity contribution in [3.63, 3.8) is 0 Å². The van der Waals surface area contributed by atoms with Crippen LogP contribution in [-0.4, -0.2) is 36.6 Å². The van der Waals surface area contributed by atoms with Crippen LogP contribution in [0.25, 0.3) is 0 Å². The molecule has 0 atom stereocenters. The Labute approximate surface area is 95.9 Å². The third-order valence-electron chi connectivity index (χ3n) is 2.18. The fourth-order valence-electron chi connectivity index (χ4n) is 1.30. The van der Waals surface area contributed by atoms with E-state index in [1.54, 1.807) is 6.07 Å². The molecule has 0 fully saturated rings. The van der Waals surface area contributed by atoms with Gasteiger partial charge in [-0.3, -0.25) is 4.79 Å². The average Bonchev–Trinajstić information content (AvgIpc) is 2.26. The molecule has 2 N–H and O–H groups in total. The van der Waals surface area contributed by atoms with E-state index in [2.05, 4.69) is 5.32 Å². The molecule has 1 rings (SSSR count). The average molecular weight is 222 g/mol. The van der Waals surface area contributed by atoms with Crippen molar-refractivity contribution in [3.8, 4) is 0 Å². The Kier molecular flexibility index (Phi) is 4.95. The molecule has 16 heavy (non-hydrogen) atoms. The highest BCUT2D eigenvalue weighted by atomic mass is 16.3. The molecule has 4 heteroatoms. The number of hydrogen-bond acceptors (Lipinski definition) is 3. The van der Waals surface area contributed by atoms with Crippen molar-refractivity contribution in [2.24, 2.45) is 0 Å². The van der Waals surface area contributed by atoms with Gasteiger partial charge >= 0.3 is 0 Å². The molecule has 0 bridgehead atoms. The van der Waals surface area contributed by atoms with Crippen LogP contribution in [0.3, 0.4) is 0 Å². The molecule has 0 aromatic heterocycles. The van der Waals surface area contributed by atoms with E-state index in [0.29, 0.717) is 6.42 Å². The molecule has 0 aliphatic carbocycles. The first kappa shape index (κ1) is 12.7. The second-order valence-corrected chi connectivity index (χ2v) is 3.96. The molecular formula is C12H18N2O2. The summed E-state index contributed by atoms with van der Waals surface area (Å²) in [6.45, 7) is 0.715. The lowest BCUT2D eigenvalue weighted by Crippen LogP contribution is -2.20. The fraction of sp³-hybridized carbons (Fsp3) is 0.417. The summed E-state index contributed by atoms with van der Waals surface area (Å²) in [5.41, 5.74) is 1.53. The molecule has 0 spiro atoms. The summed E-state index contributed by atoms with van der Waals surface area (Å²) in [6.07, 6.45) is 0.469. The molecule has 4 nitrogen and oxygen atoms in total. The highest BCUT2D eigenvalue weighted by molar-refractivity contribution is 5.90. The van der Waals surface area contributed by atoms with E-state index in [-0.39, 0.29) is 12.5 Å². The first-order valence-corrected chi connectivity index (χ1v) is 5.26. The minimum Gasteiger partial charge on any atom is -0.392 e. The summed E-state index contributed by atoms with van der Waals surface area (Å²) < 4.78 is 0. The molecule has 0 saturated carbocycles. The maximum absolute atomic E-state index is 11.5. The van der Waals surface area contributed by atoms with E-state index in [1.165, 1.54) is 0 Å². The molecule has 0 radical (unpaired) electrons. The summed E-state index contributed by atoms with van der Waals surface area (Å²) in [7, 11) is 3.86. The fourth-order valence-corrected chi connectivity index (χ4v) is 1.30. The van der Waals surface area contributed by atoms with E-state index in [0.717, 1.165) is 17.8 Å². The van der Waals surface area contributed by atoms with Crippen molar-refractivity contribution in [2.75, 3.05) is 26.0 Å². The minimum absolute atomic E-state index is 0.0104. The largest absolute Gasteiger partial charge is 0.392 e. The summed E-state index contributed by atoms with van der Waals surface area (Å²) in [6, 6.07) is 7.21. The van der Waals surface area contributed by atoms with Crippen LogP contribution in [0.4, 0.5) is 5.69 Å². The van der Waals surface area contributed by atoms with E-state index in [9.17, 15) is 4.79 Å². The van der Waals surface area contributed by atoms with Crippen LogP contribution < -0.4 is 5.32 Å². The van der Waals surface area contributed by atoms with Crippen LogP contribution in [0.1, 0.15) is 12.0 Å². The van der Waals surface area contributed by atoms with E-state index < -0.39 is 0 Å². The first-order valence-electron chi connectivity index (χ1n) is 5.26. The number of rotatable bonds is 5. The van der Waals surface area contributed by atoms with Crippen LogP contribution in [0.15, 0.2) is 24.3 Å². The maximum Gasteiger partial charge on any atom is 0.225 e. The number of anilines is 1. The van der Waals surface area contributed by atoms with Gasteiger partial charge in [-0.1, -0.05) is 12.1 Å². The number of nitrogens with one attached hydrogen (secondary N) is 1. The summed E-state index contributed by atoms with van der Waals surface area (Å²) in [4.78, 5) is 13.5. The lowest BCUT2D eigenvalue weighted by atomic mass is 10.2. The number of aliphatic hydroxyl groups excluding tert-OH is 1. The summed E-state index contributed by atoms with van der Waals surface area (Å²) >= 11 is 0. The van der Waals surface area contributed by atoms with Crippen LogP contribution >= 0.6 is 0 Å². The quantitative estimate of drug-likeness (QED) is 0.783. The number of nitrogens with zero attached hydrogens (tertiary/aromatic N) is 1. The SMILES string of the molecule is CN(C)CCC(=O)Nc1cccc(CO)c1. The Morgan fingerprint density at radius 3 is 2.81 bits per heavy atom. The monoisotopic (exact) mass is 222 g/mol. The van der Waals surface area contributed by atoms with Gasteiger partial charge in [-0.2, -0.15) is 0 Å². The van der Waals surface area contributed by atoms with Gasteiger partial charge in [0.25, 0.3) is 0 Å². The van der Waals surface area contributed by atoms with Gasteiger partial charge in [0, 0.05) is 18.7 Å². The first-order chi connectivity index (χ1) is 7.61. The van der Waals surface area contributed by atoms with E-state index in [1.807, 2.05) is 37.2 Å². The van der Waals surface area contributed by atoms with Crippen LogP contribution in [-0.2, 0) is 11.4 Å². The van der Waals surface area contributed by atoms with Gasteiger partial charge < -0.3 is 15.3 Å². The molecule has 0 aliphatic rings. The lowest BCUT2D eigenvalue weighted by molar-refractivity contribution is -0.116. The van der Waals surface area contributed by atoms with Crippen LogP contribution in [0.5, 0.6) is 0 Å². The third kappa shape index (κ3) is 4.42. The van der Waals surface area contributed by atoms with Crippen molar-refractivity contribution < 1.29 is 9.90 Å². The van der Waals surface area contributed by atoms with E-state index in [4.69, 9.17) is 5.11 Å². The van der Waals surface area contributed by atoms with Gasteiger partial charge in [0.1, 0.15) is 0 Å². The van der Waals surface area contributed by atoms with Crippen molar-refractivity contribution >= 4 is 11.6 Å². The highest BCUT2D eigenvalue weighted by Gasteiger charge is 2.03. The second kappa shape index (κ2) is 6.25. The van der Waals surface area contributed by atoms with Gasteiger partial charge in [-0.25, -0.2) is 0 Å². The number of benzene rings is 1. The zero-order valence-electron chi connectivity index (χ0n) is 9.73. The van der Waals surface area contributed by atoms with Crippen molar-refractivity contribution in [3.05, 3.63) is 29.8 Å². The highest BCUT2D eigenvalue weighted by Crippen LogP contribution is 2.10. The molecular weight excluding hydrogens is 204 g/mol. The second-order valence-electron chi connectivity index (χ2n) is 3.96. The number of carbonyl (C=O) groups is 1. The molecule has 0 saturated heterocycles. The van der Waals surface area contributed by atoms with Crippen molar-refractivity contribution in [2.45, 2.75) is 13.0 Å². The Balaban J connectivity index is 2.49. The predicted molar refractivity (Wildman–Crippen MR) is 64.2 cm³/mol. The molecule has 88 valence electrons. The summed E-state index contributed by atoms with van der Waals surface area (Å²) in [5, 5.41) is 11.7. The number of amides is 1. The van der Waals surface area contributed by atoms with Gasteiger partial charge in [0.05, 0.1) is 6.61 Å². The van der Waals surface area contributed by atoms with Crippen molar-refractivity contribution in [1.82, 2.24) is 4.90 Å². The summed E-state index contributed by atoms with van der Waals surface area (Å²) in [5.74, 6) is -0.0104. The van der Waals surface area contributed by atoms with E-state index >= 15 is 0 Å². The molecule has 0 heterocycles. The molecule has 0 unspecified atom stereocenters. The van der Waals surface area contributed by atoms with Gasteiger partial charge in [0.15, 0.2) is 0 Å². The number of hydrogen-bond donors (Lipinski definition) is 2. The van der Waals surface area contributed by atoms with Crippen molar-refractivity contribution in [1.29, 1.82) is 0 Å². The Morgan fingerprint density at radius 1 is 1.44 bits per heavy atom. The zero-order valence-corrected chi connectivity index (χ0v) is 9.73. The van der Waals surface area contributed by atoms with Gasteiger partial charge in [-0.05, 0) is 31.8 Å². The predicted octanol–water partition coefficient (Wildman–Crippen LogP) is 1.07. The van der Waals surface area contributed by atoms with Crippen LogP contribution in [0, 0.1) is 0 Å². The maximum atomic E-state index is 11.5. The molecule has 0 aliphatic heterocycles. The number of carbonyl (C=O) groups excluding carboxylic acids is 1. The molecule has 1 amide bonds.